The van der Waals surface area contributed by atoms with Crippen LogP contribution in [-0.4, -0.2) is 86.2 Å². The van der Waals surface area contributed by atoms with E-state index >= 15 is 0 Å². The van der Waals surface area contributed by atoms with E-state index in [1.54, 1.807) is 23.1 Å². The minimum absolute atomic E-state index is 0. The van der Waals surface area contributed by atoms with Crippen molar-refractivity contribution in [1.82, 2.24) is 20.4 Å². The molecule has 0 saturated carbocycles. The van der Waals surface area contributed by atoms with E-state index in [9.17, 15) is 19.2 Å². The first-order chi connectivity index (χ1) is 19.9. The molecule has 0 spiro atoms. The van der Waals surface area contributed by atoms with Crippen LogP contribution in [0.4, 0.5) is 0 Å². The van der Waals surface area contributed by atoms with Crippen molar-refractivity contribution < 1.29 is 33.4 Å². The number of likely N-dealkylation sites (tertiary alicyclic amines) is 1. The zero-order valence-corrected chi connectivity index (χ0v) is 26.8. The number of carbonyl (C=O) groups excluding carboxylic acids is 4. The number of rotatable bonds is 12. The van der Waals surface area contributed by atoms with Gasteiger partial charge in [0.05, 0.1) is 18.4 Å². The van der Waals surface area contributed by atoms with Crippen LogP contribution in [0.5, 0.6) is 11.5 Å². The van der Waals surface area contributed by atoms with Gasteiger partial charge in [0, 0.05) is 32.6 Å². The van der Waals surface area contributed by atoms with Gasteiger partial charge in [-0.2, -0.15) is 0 Å². The largest absolute Gasteiger partial charge is 0.455 e. The molecule has 3 heterocycles. The first kappa shape index (κ1) is 36.4. The molecule has 0 aromatic heterocycles. The quantitative estimate of drug-likeness (QED) is 0.332. The molecule has 13 heteroatoms. The molecule has 3 aliphatic heterocycles. The molecule has 1 aromatic rings. The monoisotopic (exact) mass is 644 g/mol. The number of ether oxygens (including phenoxy) is 3. The summed E-state index contributed by atoms with van der Waals surface area (Å²) in [6, 6.07) is 4.58. The van der Waals surface area contributed by atoms with E-state index in [-0.39, 0.29) is 68.3 Å². The Balaban J connectivity index is 0.00000323. The molecule has 3 amide bonds. The van der Waals surface area contributed by atoms with E-state index in [4.69, 9.17) is 14.2 Å². The number of fused-ring (bicyclic) bond motifs is 1. The maximum atomic E-state index is 13.5. The number of piperidine rings is 2. The lowest BCUT2D eigenvalue weighted by Crippen LogP contribution is -2.46. The van der Waals surface area contributed by atoms with E-state index in [2.05, 4.69) is 10.6 Å². The van der Waals surface area contributed by atoms with Crippen LogP contribution in [0.1, 0.15) is 70.4 Å². The highest BCUT2D eigenvalue weighted by atomic mass is 35.5. The molecule has 0 bridgehead atoms. The molecular formula is C30H46Cl2N4O7. The van der Waals surface area contributed by atoms with E-state index in [1.807, 2.05) is 18.7 Å². The van der Waals surface area contributed by atoms with Gasteiger partial charge < -0.3 is 34.6 Å². The summed E-state index contributed by atoms with van der Waals surface area (Å²) < 4.78 is 16.2. The van der Waals surface area contributed by atoms with Crippen molar-refractivity contribution in [2.75, 3.05) is 52.7 Å². The van der Waals surface area contributed by atoms with Crippen molar-refractivity contribution in [3.05, 3.63) is 23.8 Å². The average molecular weight is 646 g/mol. The maximum absolute atomic E-state index is 13.5. The second-order valence-electron chi connectivity index (χ2n) is 11.0. The first-order valence-electron chi connectivity index (χ1n) is 15.0. The number of hydrogen-bond donors (Lipinski definition) is 2. The van der Waals surface area contributed by atoms with Crippen molar-refractivity contribution in [2.24, 2.45) is 11.8 Å². The Labute approximate surface area is 266 Å². The number of benzene rings is 1. The van der Waals surface area contributed by atoms with Gasteiger partial charge in [-0.05, 0) is 82.7 Å². The number of nitrogens with one attached hydrogen (secondary N) is 2. The summed E-state index contributed by atoms with van der Waals surface area (Å²) in [6.45, 7) is 7.59. The van der Waals surface area contributed by atoms with Gasteiger partial charge in [0.15, 0.2) is 18.1 Å². The van der Waals surface area contributed by atoms with Gasteiger partial charge in [0.1, 0.15) is 0 Å². The molecule has 2 atom stereocenters. The number of halogens is 2. The molecule has 2 fully saturated rings. The smallest absolute Gasteiger partial charge is 0.308 e. The Morgan fingerprint density at radius 3 is 2.51 bits per heavy atom. The molecule has 0 unspecified atom stereocenters. The second-order valence-corrected chi connectivity index (χ2v) is 11.0. The lowest BCUT2D eigenvalue weighted by molar-refractivity contribution is -0.152. The summed E-state index contributed by atoms with van der Waals surface area (Å²) in [6.07, 6.45) is 4.87. The van der Waals surface area contributed by atoms with Crippen molar-refractivity contribution in [3.8, 4) is 11.5 Å². The summed E-state index contributed by atoms with van der Waals surface area (Å²) in [4.78, 5) is 55.0. The van der Waals surface area contributed by atoms with Gasteiger partial charge in [0.2, 0.25) is 18.6 Å². The third-order valence-corrected chi connectivity index (χ3v) is 8.33. The highest BCUT2D eigenvalue weighted by molar-refractivity contribution is 5.86. The average Bonchev–Trinajstić information content (AvgIpc) is 3.48. The molecule has 0 radical (unpaired) electrons. The van der Waals surface area contributed by atoms with Crippen LogP contribution in [-0.2, 0) is 23.9 Å². The predicted molar refractivity (Wildman–Crippen MR) is 166 cm³/mol. The van der Waals surface area contributed by atoms with Gasteiger partial charge in [-0.1, -0.05) is 6.07 Å². The van der Waals surface area contributed by atoms with Crippen LogP contribution in [0.25, 0.3) is 0 Å². The molecule has 2 N–H and O–H groups in total. The SMILES string of the molecule is CCN(CC)C(=O)COC(=O)C[C@H](NC(=O)[C@@H]1CCCN(C(=O)CCC2CCNCC2)C1)c1ccc2c(c1)OCO2.Cl.Cl. The van der Waals surface area contributed by atoms with Crippen LogP contribution in [0, 0.1) is 11.8 Å². The van der Waals surface area contributed by atoms with E-state index in [1.165, 1.54) is 0 Å². The third kappa shape index (κ3) is 10.4. The normalized spacial score (nSPS) is 18.5. The summed E-state index contributed by atoms with van der Waals surface area (Å²) in [5, 5.41) is 6.38. The molecule has 11 nitrogen and oxygen atoms in total. The first-order valence-corrected chi connectivity index (χ1v) is 15.0. The van der Waals surface area contributed by atoms with Gasteiger partial charge >= 0.3 is 5.97 Å². The van der Waals surface area contributed by atoms with Crippen LogP contribution < -0.4 is 20.1 Å². The lowest BCUT2D eigenvalue weighted by atomic mass is 9.92. The molecule has 2 saturated heterocycles. The number of esters is 1. The molecule has 4 rings (SSSR count). The van der Waals surface area contributed by atoms with Gasteiger partial charge in [0.25, 0.3) is 5.91 Å². The van der Waals surface area contributed by atoms with Gasteiger partial charge in [-0.15, -0.1) is 24.8 Å². The fraction of sp³-hybridized carbons (Fsp3) is 0.667. The topological polar surface area (TPSA) is 127 Å². The second kappa shape index (κ2) is 18.1. The molecule has 242 valence electrons. The Kier molecular flexibility index (Phi) is 15.4. The number of nitrogens with zero attached hydrogens (tertiary/aromatic N) is 2. The van der Waals surface area contributed by atoms with E-state index in [0.717, 1.165) is 38.8 Å². The van der Waals surface area contributed by atoms with Crippen LogP contribution in [0.15, 0.2) is 18.2 Å². The van der Waals surface area contributed by atoms with Gasteiger partial charge in [-0.3, -0.25) is 19.2 Å². The van der Waals surface area contributed by atoms with Gasteiger partial charge in [-0.25, -0.2) is 0 Å². The highest BCUT2D eigenvalue weighted by Crippen LogP contribution is 2.35. The molecular weight excluding hydrogens is 599 g/mol. The Morgan fingerprint density at radius 2 is 1.79 bits per heavy atom. The van der Waals surface area contributed by atoms with E-state index in [0.29, 0.717) is 62.0 Å². The summed E-state index contributed by atoms with van der Waals surface area (Å²) in [5.74, 6) is 0.375. The van der Waals surface area contributed by atoms with Crippen LogP contribution >= 0.6 is 24.8 Å². The number of likely N-dealkylation sites (N-methyl/N-ethyl adjacent to an activating group) is 1. The minimum atomic E-state index is -0.695. The molecule has 1 aromatic carbocycles. The van der Waals surface area contributed by atoms with E-state index < -0.39 is 12.0 Å². The van der Waals surface area contributed by atoms with Crippen LogP contribution in [0.2, 0.25) is 0 Å². The molecule has 3 aliphatic rings. The van der Waals surface area contributed by atoms with Crippen molar-refractivity contribution >= 4 is 48.5 Å². The Hall–Kier alpha value is -2.76. The number of amides is 3. The standard InChI is InChI=1S/C30H44N4O7.2ClH/c1-3-33(4-2)28(36)19-39-29(37)17-24(22-8-9-25-26(16-22)41-20-40-25)32-30(38)23-6-5-15-34(18-23)27(35)10-7-21-11-13-31-14-12-21;;/h8-9,16,21,23-24,31H,3-7,10-15,17-20H2,1-2H3,(H,32,38);2*1H/t23-,24+;;/m1../s1. The predicted octanol–water partition coefficient (Wildman–Crippen LogP) is 3.24. The number of carbonyl (C=O) groups is 4. The Morgan fingerprint density at radius 1 is 1.07 bits per heavy atom. The minimum Gasteiger partial charge on any atom is -0.455 e. The summed E-state index contributed by atoms with van der Waals surface area (Å²) in [7, 11) is 0. The molecule has 43 heavy (non-hydrogen) atoms. The van der Waals surface area contributed by atoms with Crippen molar-refractivity contribution in [1.29, 1.82) is 0 Å². The van der Waals surface area contributed by atoms with Crippen molar-refractivity contribution in [3.63, 3.8) is 0 Å². The highest BCUT2D eigenvalue weighted by Gasteiger charge is 2.31. The van der Waals surface area contributed by atoms with Crippen LogP contribution in [0.3, 0.4) is 0 Å². The lowest BCUT2D eigenvalue weighted by Gasteiger charge is -2.33. The zero-order valence-electron chi connectivity index (χ0n) is 25.1. The summed E-state index contributed by atoms with van der Waals surface area (Å²) >= 11 is 0. The maximum Gasteiger partial charge on any atom is 0.308 e. The zero-order chi connectivity index (χ0) is 29.2. The van der Waals surface area contributed by atoms with Crippen molar-refractivity contribution in [2.45, 2.75) is 64.8 Å². The Bertz CT molecular complexity index is 1080. The third-order valence-electron chi connectivity index (χ3n) is 8.33. The number of hydrogen-bond acceptors (Lipinski definition) is 8. The summed E-state index contributed by atoms with van der Waals surface area (Å²) in [5.41, 5.74) is 0.667. The molecule has 0 aliphatic carbocycles. The fourth-order valence-electron chi connectivity index (χ4n) is 5.78. The fourth-order valence-corrected chi connectivity index (χ4v) is 5.78.